The van der Waals surface area contributed by atoms with Crippen molar-refractivity contribution in [1.29, 1.82) is 5.26 Å². The fraction of sp³-hybridized carbons (Fsp3) is 0.227. The highest BCUT2D eigenvalue weighted by Gasteiger charge is 2.27. The molecule has 2 aromatic heterocycles. The van der Waals surface area contributed by atoms with E-state index >= 15 is 0 Å². The zero-order valence-electron chi connectivity index (χ0n) is 17.3. The Morgan fingerprint density at radius 1 is 1.22 bits per heavy atom. The monoisotopic (exact) mass is 431 g/mol. The summed E-state index contributed by atoms with van der Waals surface area (Å²) in [6.07, 6.45) is -0.0769. The lowest BCUT2D eigenvalue weighted by Gasteiger charge is -2.08. The van der Waals surface area contributed by atoms with E-state index in [2.05, 4.69) is 30.6 Å². The molecule has 1 atom stereocenters. The van der Waals surface area contributed by atoms with Gasteiger partial charge in [0.15, 0.2) is 11.8 Å². The van der Waals surface area contributed by atoms with Crippen LogP contribution in [0.2, 0.25) is 0 Å². The van der Waals surface area contributed by atoms with Gasteiger partial charge in [-0.3, -0.25) is 4.79 Å². The minimum atomic E-state index is -0.459. The van der Waals surface area contributed by atoms with Crippen molar-refractivity contribution in [3.63, 3.8) is 0 Å². The molecule has 0 spiro atoms. The number of hydrogen-bond acceptors (Lipinski definition) is 8. The number of aryl methyl sites for hydroxylation is 2. The van der Waals surface area contributed by atoms with Crippen LogP contribution in [0.25, 0.3) is 0 Å². The van der Waals surface area contributed by atoms with E-state index in [0.29, 0.717) is 34.9 Å². The quantitative estimate of drug-likeness (QED) is 0.658. The predicted molar refractivity (Wildman–Crippen MR) is 111 cm³/mol. The molecule has 1 amide bonds. The maximum Gasteiger partial charge on any atom is 0.270 e. The van der Waals surface area contributed by atoms with Crippen LogP contribution in [0, 0.1) is 31.0 Å². The lowest BCUT2D eigenvalue weighted by Crippen LogP contribution is -2.25. The summed E-state index contributed by atoms with van der Waals surface area (Å²) in [5.41, 5.74) is 3.27. The molecule has 1 N–H and O–H groups in total. The Hall–Kier alpha value is -4.26. The van der Waals surface area contributed by atoms with Crippen molar-refractivity contribution in [2.24, 2.45) is 5.16 Å². The van der Waals surface area contributed by atoms with Crippen molar-refractivity contribution in [3.05, 3.63) is 81.9 Å². The number of benzene rings is 1. The van der Waals surface area contributed by atoms with Crippen LogP contribution in [-0.4, -0.2) is 31.8 Å². The zero-order chi connectivity index (χ0) is 22.7. The average Bonchev–Trinajstić information content (AvgIpc) is 3.30. The molecular formula is C22H18FN7O2. The van der Waals surface area contributed by atoms with Crippen molar-refractivity contribution in [1.82, 2.24) is 25.5 Å². The van der Waals surface area contributed by atoms with Crippen LogP contribution in [0.1, 0.15) is 57.0 Å². The Labute approximate surface area is 183 Å². The molecule has 0 aliphatic carbocycles. The van der Waals surface area contributed by atoms with Gasteiger partial charge in [-0.25, -0.2) is 14.4 Å². The van der Waals surface area contributed by atoms with Crippen LogP contribution < -0.4 is 5.32 Å². The molecule has 32 heavy (non-hydrogen) atoms. The Morgan fingerprint density at radius 2 is 2.06 bits per heavy atom. The van der Waals surface area contributed by atoms with Gasteiger partial charge in [-0.1, -0.05) is 17.3 Å². The van der Waals surface area contributed by atoms with Gasteiger partial charge in [-0.05, 0) is 49.2 Å². The molecule has 9 nitrogen and oxygen atoms in total. The minimum absolute atomic E-state index is 0.190. The lowest BCUT2D eigenvalue weighted by molar-refractivity contribution is 0.0818. The van der Waals surface area contributed by atoms with Crippen molar-refractivity contribution >= 4 is 11.6 Å². The van der Waals surface area contributed by atoms with Gasteiger partial charge in [0.1, 0.15) is 34.8 Å². The molecule has 10 heteroatoms. The topological polar surface area (TPSA) is 126 Å². The van der Waals surface area contributed by atoms with E-state index in [9.17, 15) is 9.18 Å². The van der Waals surface area contributed by atoms with Gasteiger partial charge in [0, 0.05) is 13.0 Å². The average molecular weight is 431 g/mol. The largest absolute Gasteiger partial charge is 0.385 e. The molecule has 4 rings (SSSR count). The van der Waals surface area contributed by atoms with Gasteiger partial charge in [-0.2, -0.15) is 10.4 Å². The summed E-state index contributed by atoms with van der Waals surface area (Å²) in [6.45, 7) is 3.59. The number of amides is 1. The van der Waals surface area contributed by atoms with Crippen LogP contribution in [0.4, 0.5) is 4.39 Å². The van der Waals surface area contributed by atoms with Gasteiger partial charge in [-0.15, -0.1) is 5.10 Å². The number of oxime groups is 1. The Bertz CT molecular complexity index is 1250. The highest BCUT2D eigenvalue weighted by molar-refractivity contribution is 6.01. The number of rotatable bonds is 5. The predicted octanol–water partition coefficient (Wildman–Crippen LogP) is 2.69. The van der Waals surface area contributed by atoms with E-state index in [-0.39, 0.29) is 29.7 Å². The molecule has 1 aromatic carbocycles. The first-order valence-corrected chi connectivity index (χ1v) is 9.78. The van der Waals surface area contributed by atoms with Crippen LogP contribution in [-0.2, 0) is 11.4 Å². The Morgan fingerprint density at radius 3 is 2.78 bits per heavy atom. The van der Waals surface area contributed by atoms with Gasteiger partial charge in [0.25, 0.3) is 5.91 Å². The second-order valence-corrected chi connectivity index (χ2v) is 7.24. The second-order valence-electron chi connectivity index (χ2n) is 7.24. The molecular weight excluding hydrogens is 413 g/mol. The maximum absolute atomic E-state index is 13.4. The summed E-state index contributed by atoms with van der Waals surface area (Å²) in [6, 6.07) is 11.4. The molecule has 1 aliphatic heterocycles. The van der Waals surface area contributed by atoms with Crippen molar-refractivity contribution in [3.8, 4) is 6.07 Å². The smallest absolute Gasteiger partial charge is 0.270 e. The van der Waals surface area contributed by atoms with Gasteiger partial charge >= 0.3 is 0 Å². The number of halogens is 1. The fourth-order valence-electron chi connectivity index (χ4n) is 3.18. The summed E-state index contributed by atoms with van der Waals surface area (Å²) in [5.74, 6) is -0.261. The number of nitrogens with zero attached hydrogens (tertiary/aromatic N) is 6. The summed E-state index contributed by atoms with van der Waals surface area (Å²) in [4.78, 5) is 26.7. The molecule has 1 unspecified atom stereocenters. The molecule has 160 valence electrons. The number of carbonyl (C=O) groups excluding carboxylic acids is 1. The first-order chi connectivity index (χ1) is 15.4. The fourth-order valence-corrected chi connectivity index (χ4v) is 3.18. The van der Waals surface area contributed by atoms with E-state index in [1.165, 1.54) is 6.07 Å². The van der Waals surface area contributed by atoms with Crippen LogP contribution >= 0.6 is 0 Å². The molecule has 0 fully saturated rings. The Kier molecular flexibility index (Phi) is 5.81. The molecule has 0 radical (unpaired) electrons. The van der Waals surface area contributed by atoms with Gasteiger partial charge < -0.3 is 10.2 Å². The van der Waals surface area contributed by atoms with Crippen molar-refractivity contribution in [2.45, 2.75) is 32.9 Å². The van der Waals surface area contributed by atoms with E-state index < -0.39 is 6.10 Å². The van der Waals surface area contributed by atoms with E-state index in [1.807, 2.05) is 6.07 Å². The highest BCUT2D eigenvalue weighted by atomic mass is 19.1. The number of nitrogens with one attached hydrogen (secondary N) is 1. The van der Waals surface area contributed by atoms with Crippen LogP contribution in [0.3, 0.4) is 0 Å². The van der Waals surface area contributed by atoms with E-state index in [0.717, 1.165) is 5.56 Å². The number of aromatic nitrogens is 4. The summed E-state index contributed by atoms with van der Waals surface area (Å²) in [5, 5.41) is 23.5. The highest BCUT2D eigenvalue weighted by Crippen LogP contribution is 2.27. The lowest BCUT2D eigenvalue weighted by atomic mass is 10.1. The van der Waals surface area contributed by atoms with Crippen LogP contribution in [0.15, 0.2) is 41.6 Å². The standard InChI is InChI=1S/C22H18FN7O2/c1-12-7-14(3-5-16(12)23)11-25-22(31)20-8-18(26-13(2)27-20)19-9-21(32-30-19)17-6-4-15(10-24)28-29-17/h3-8,21H,9,11H2,1-2H3,(H,25,31). The first kappa shape index (κ1) is 21.0. The summed E-state index contributed by atoms with van der Waals surface area (Å²) < 4.78 is 13.4. The normalized spacial score (nSPS) is 14.9. The molecule has 0 bridgehead atoms. The maximum atomic E-state index is 13.4. The molecule has 0 saturated heterocycles. The third kappa shape index (κ3) is 4.57. The minimum Gasteiger partial charge on any atom is -0.385 e. The summed E-state index contributed by atoms with van der Waals surface area (Å²) in [7, 11) is 0. The van der Waals surface area contributed by atoms with E-state index in [1.54, 1.807) is 44.2 Å². The van der Waals surface area contributed by atoms with E-state index in [4.69, 9.17) is 10.1 Å². The number of carbonyl (C=O) groups is 1. The third-order valence-corrected chi connectivity index (χ3v) is 4.84. The second kappa shape index (κ2) is 8.85. The SMILES string of the molecule is Cc1nc(C(=O)NCc2ccc(F)c(C)c2)cc(C2=NOC(c3ccc(C#N)nn3)C2)n1. The third-order valence-electron chi connectivity index (χ3n) is 4.84. The molecule has 3 aromatic rings. The van der Waals surface area contributed by atoms with Gasteiger partial charge in [0.05, 0.1) is 5.69 Å². The van der Waals surface area contributed by atoms with Crippen molar-refractivity contribution in [2.75, 3.05) is 0 Å². The molecule has 0 saturated carbocycles. The van der Waals surface area contributed by atoms with Gasteiger partial charge in [0.2, 0.25) is 0 Å². The van der Waals surface area contributed by atoms with Crippen LogP contribution in [0.5, 0.6) is 0 Å². The summed E-state index contributed by atoms with van der Waals surface area (Å²) >= 11 is 0. The van der Waals surface area contributed by atoms with Crippen molar-refractivity contribution < 1.29 is 14.0 Å². The zero-order valence-corrected chi connectivity index (χ0v) is 17.3. The molecule has 1 aliphatic rings. The first-order valence-electron chi connectivity index (χ1n) is 9.78. The number of hydrogen-bond donors (Lipinski definition) is 1. The Balaban J connectivity index is 1.45. The molecule has 3 heterocycles. The number of nitriles is 1.